The van der Waals surface area contributed by atoms with Gasteiger partial charge in [-0.2, -0.15) is 0 Å². The van der Waals surface area contributed by atoms with Gasteiger partial charge >= 0.3 is 0 Å². The number of unbranched alkanes of at least 4 members (excludes halogenated alkanes) is 25. The van der Waals surface area contributed by atoms with Gasteiger partial charge in [-0.25, -0.2) is 0 Å². The number of hydrogen-bond donors (Lipinski definition) is 2. The van der Waals surface area contributed by atoms with E-state index in [1.807, 2.05) is 6.08 Å². The fraction of sp³-hybridized carbons (Fsp3) is 0.861. The zero-order chi connectivity index (χ0) is 27.6. The fourth-order valence-corrected chi connectivity index (χ4v) is 5.17. The van der Waals surface area contributed by atoms with Crippen LogP contribution in [0, 0.1) is 6.10 Å². The molecule has 0 atom stereocenters. The molecule has 0 aromatic heterocycles. The van der Waals surface area contributed by atoms with E-state index >= 15 is 0 Å². The van der Waals surface area contributed by atoms with Gasteiger partial charge in [-0.15, -0.1) is 0 Å². The molecule has 2 nitrogen and oxygen atoms in total. The number of hydrogen-bond acceptors (Lipinski definition) is 2. The summed E-state index contributed by atoms with van der Waals surface area (Å²) in [6, 6.07) is 0. The lowest BCUT2D eigenvalue weighted by Crippen LogP contribution is -1.91. The SMILES string of the molecule is CCCCCCCCCCCCCCCCC=C[C](O)CCCCCCC/C=C\CCCCCCCCO. The van der Waals surface area contributed by atoms with Crippen LogP contribution in [0.5, 0.6) is 0 Å². The molecule has 1 radical (unpaired) electrons. The summed E-state index contributed by atoms with van der Waals surface area (Å²) in [7, 11) is 0. The van der Waals surface area contributed by atoms with Gasteiger partial charge in [-0.3, -0.25) is 0 Å². The molecule has 2 heteroatoms. The van der Waals surface area contributed by atoms with Gasteiger partial charge in [0, 0.05) is 6.61 Å². The highest BCUT2D eigenvalue weighted by molar-refractivity contribution is 5.01. The van der Waals surface area contributed by atoms with E-state index < -0.39 is 0 Å². The largest absolute Gasteiger partial charge is 0.396 e. The first-order valence-corrected chi connectivity index (χ1v) is 17.3. The summed E-state index contributed by atoms with van der Waals surface area (Å²) >= 11 is 0. The zero-order valence-corrected chi connectivity index (χ0v) is 25.9. The van der Waals surface area contributed by atoms with Crippen LogP contribution in [0.3, 0.4) is 0 Å². The second-order valence-corrected chi connectivity index (χ2v) is 11.7. The van der Waals surface area contributed by atoms with E-state index in [0.717, 1.165) is 25.7 Å². The first-order valence-electron chi connectivity index (χ1n) is 17.3. The third-order valence-electron chi connectivity index (χ3n) is 7.78. The highest BCUT2D eigenvalue weighted by atomic mass is 16.3. The van der Waals surface area contributed by atoms with Gasteiger partial charge in [0.1, 0.15) is 6.10 Å². The summed E-state index contributed by atoms with van der Waals surface area (Å²) < 4.78 is 0. The Morgan fingerprint density at radius 3 is 1.18 bits per heavy atom. The van der Waals surface area contributed by atoms with Gasteiger partial charge in [0.25, 0.3) is 0 Å². The van der Waals surface area contributed by atoms with Gasteiger partial charge in [-0.05, 0) is 51.4 Å². The Hall–Kier alpha value is -0.600. The number of rotatable bonds is 32. The smallest absolute Gasteiger partial charge is 0.115 e. The molecule has 0 aromatic rings. The molecule has 0 saturated carbocycles. The van der Waals surface area contributed by atoms with Crippen molar-refractivity contribution in [3.63, 3.8) is 0 Å². The van der Waals surface area contributed by atoms with E-state index in [4.69, 9.17) is 5.11 Å². The van der Waals surface area contributed by atoms with E-state index in [1.165, 1.54) is 161 Å². The first kappa shape index (κ1) is 37.4. The molecule has 0 rings (SSSR count). The van der Waals surface area contributed by atoms with Crippen LogP contribution in [0.1, 0.15) is 193 Å². The summed E-state index contributed by atoms with van der Waals surface area (Å²) in [6.07, 6.45) is 47.2. The first-order chi connectivity index (χ1) is 18.8. The maximum Gasteiger partial charge on any atom is 0.115 e. The van der Waals surface area contributed by atoms with Crippen molar-refractivity contribution in [2.45, 2.75) is 193 Å². The number of aliphatic hydroxyl groups is 2. The van der Waals surface area contributed by atoms with E-state index in [2.05, 4.69) is 25.2 Å². The van der Waals surface area contributed by atoms with Gasteiger partial charge in [-0.1, -0.05) is 166 Å². The summed E-state index contributed by atoms with van der Waals surface area (Å²) in [4.78, 5) is 0. The van der Waals surface area contributed by atoms with Crippen molar-refractivity contribution in [2.75, 3.05) is 6.61 Å². The van der Waals surface area contributed by atoms with Crippen molar-refractivity contribution in [1.29, 1.82) is 0 Å². The molecule has 0 heterocycles. The number of aliphatic hydroxyl groups excluding tert-OH is 2. The molecule has 0 bridgehead atoms. The van der Waals surface area contributed by atoms with Crippen LogP contribution < -0.4 is 0 Å². The van der Waals surface area contributed by atoms with Crippen molar-refractivity contribution in [3.8, 4) is 0 Å². The monoisotopic (exact) mass is 534 g/mol. The minimum atomic E-state index is 0.348. The summed E-state index contributed by atoms with van der Waals surface area (Å²) in [5, 5.41) is 18.9. The summed E-state index contributed by atoms with van der Waals surface area (Å²) in [5.74, 6) is 0. The summed E-state index contributed by atoms with van der Waals surface area (Å²) in [6.45, 7) is 2.64. The molecule has 0 aliphatic rings. The van der Waals surface area contributed by atoms with Crippen molar-refractivity contribution < 1.29 is 10.2 Å². The van der Waals surface area contributed by atoms with Gasteiger partial charge < -0.3 is 10.2 Å². The second-order valence-electron chi connectivity index (χ2n) is 11.7. The zero-order valence-electron chi connectivity index (χ0n) is 25.9. The normalized spacial score (nSPS) is 12.1. The lowest BCUT2D eigenvalue weighted by Gasteiger charge is -2.04. The maximum absolute atomic E-state index is 10.1. The molecule has 0 spiro atoms. The van der Waals surface area contributed by atoms with Crippen molar-refractivity contribution in [1.82, 2.24) is 0 Å². The third kappa shape index (κ3) is 33.4. The minimum Gasteiger partial charge on any atom is -0.396 e. The highest BCUT2D eigenvalue weighted by Crippen LogP contribution is 2.16. The molecular weight excluding hydrogens is 464 g/mol. The Morgan fingerprint density at radius 2 is 0.763 bits per heavy atom. The Labute approximate surface area is 240 Å². The van der Waals surface area contributed by atoms with Crippen LogP contribution in [-0.2, 0) is 0 Å². The van der Waals surface area contributed by atoms with Crippen LogP contribution in [0.2, 0.25) is 0 Å². The Morgan fingerprint density at radius 1 is 0.421 bits per heavy atom. The maximum atomic E-state index is 10.1. The quantitative estimate of drug-likeness (QED) is 0.0666. The average molecular weight is 534 g/mol. The van der Waals surface area contributed by atoms with Crippen molar-refractivity contribution in [2.24, 2.45) is 0 Å². The molecule has 2 N–H and O–H groups in total. The number of allylic oxidation sites excluding steroid dienone is 3. The highest BCUT2D eigenvalue weighted by Gasteiger charge is 2.00. The average Bonchev–Trinajstić information content (AvgIpc) is 2.92. The fourth-order valence-electron chi connectivity index (χ4n) is 5.17. The van der Waals surface area contributed by atoms with Crippen LogP contribution in [0.4, 0.5) is 0 Å². The van der Waals surface area contributed by atoms with E-state index in [-0.39, 0.29) is 0 Å². The predicted octanol–water partition coefficient (Wildman–Crippen LogP) is 12.3. The molecule has 0 unspecified atom stereocenters. The molecular formula is C36H69O2. The van der Waals surface area contributed by atoms with E-state index in [9.17, 15) is 5.11 Å². The Balaban J connectivity index is 3.25. The van der Waals surface area contributed by atoms with Crippen LogP contribution in [0.25, 0.3) is 0 Å². The molecule has 0 aliphatic carbocycles. The lowest BCUT2D eigenvalue weighted by atomic mass is 10.0. The van der Waals surface area contributed by atoms with E-state index in [0.29, 0.717) is 12.7 Å². The van der Waals surface area contributed by atoms with Crippen LogP contribution >= 0.6 is 0 Å². The van der Waals surface area contributed by atoms with Crippen LogP contribution in [0.15, 0.2) is 24.3 Å². The van der Waals surface area contributed by atoms with Gasteiger partial charge in [0.05, 0.1) is 0 Å². The Kier molecular flexibility index (Phi) is 33.9. The Bertz CT molecular complexity index is 470. The third-order valence-corrected chi connectivity index (χ3v) is 7.78. The van der Waals surface area contributed by atoms with Crippen molar-refractivity contribution in [3.05, 3.63) is 30.4 Å². The van der Waals surface area contributed by atoms with Gasteiger partial charge in [0.2, 0.25) is 0 Å². The van der Waals surface area contributed by atoms with Crippen LogP contribution in [-0.4, -0.2) is 16.8 Å². The molecule has 38 heavy (non-hydrogen) atoms. The van der Waals surface area contributed by atoms with E-state index in [1.54, 1.807) is 0 Å². The molecule has 0 aliphatic heterocycles. The molecule has 0 saturated heterocycles. The topological polar surface area (TPSA) is 40.5 Å². The molecule has 0 fully saturated rings. The summed E-state index contributed by atoms with van der Waals surface area (Å²) in [5.41, 5.74) is 0. The van der Waals surface area contributed by atoms with Crippen molar-refractivity contribution >= 4 is 0 Å². The predicted molar refractivity (Wildman–Crippen MR) is 170 cm³/mol. The molecule has 225 valence electrons. The standard InChI is InChI=1S/C36H69O2/c1-2-3-4-5-6-7-8-9-10-12-15-18-21-24-27-30-33-36(38)34-31-28-25-22-19-16-13-11-14-17-20-23-26-29-32-35-37/h11,13,30,33,37-38H,2-10,12,14-29,31-32,34-35H2,1H3/b13-11-,33-30?. The lowest BCUT2D eigenvalue weighted by molar-refractivity contribution is 0.282. The second kappa shape index (κ2) is 34.4. The molecule has 0 aromatic carbocycles. The molecule has 0 amide bonds. The van der Waals surface area contributed by atoms with Gasteiger partial charge in [0.15, 0.2) is 0 Å². The minimum absolute atomic E-state index is 0.348.